The highest BCUT2D eigenvalue weighted by Crippen LogP contribution is 2.26. The van der Waals surface area contributed by atoms with Crippen LogP contribution in [-0.4, -0.2) is 35.0 Å². The minimum absolute atomic E-state index is 0.470. The molecule has 1 aromatic rings. The molecule has 0 aliphatic carbocycles. The van der Waals surface area contributed by atoms with Crippen LogP contribution in [0.3, 0.4) is 0 Å². The zero-order valence-corrected chi connectivity index (χ0v) is 16.4. The van der Waals surface area contributed by atoms with Crippen molar-refractivity contribution in [2.24, 2.45) is 0 Å². The summed E-state index contributed by atoms with van der Waals surface area (Å²) in [6.45, 7) is 2.99. The number of carbonyl (C=O) groups is 3. The molecule has 2 unspecified atom stereocenters. The smallest absolute Gasteiger partial charge is 0.408 e. The third-order valence-corrected chi connectivity index (χ3v) is 3.45. The standard InChI is InChI=1S/C16H19Cl3N3O4/c1-10(2)13(20-9-23)22-14(24)12(11-6-4-3-5-7-11)21-15(25)26-8-16(17,18)19/h3-7,9,12-13H,8H2,1-2H3,(H,20,23)(H,21,25)(H,22,24). The Morgan fingerprint density at radius 1 is 1.15 bits per heavy atom. The van der Waals surface area contributed by atoms with Gasteiger partial charge in [-0.25, -0.2) is 4.79 Å². The molecule has 26 heavy (non-hydrogen) atoms. The number of hydrogen-bond donors (Lipinski definition) is 3. The van der Waals surface area contributed by atoms with Crippen molar-refractivity contribution in [3.05, 3.63) is 41.8 Å². The number of rotatable bonds is 8. The van der Waals surface area contributed by atoms with Gasteiger partial charge in [0.25, 0.3) is 0 Å². The highest BCUT2D eigenvalue weighted by Gasteiger charge is 2.28. The fourth-order valence-electron chi connectivity index (χ4n) is 1.90. The molecular formula is C16H19Cl3N3O4. The van der Waals surface area contributed by atoms with E-state index < -0.39 is 34.6 Å². The molecule has 0 aromatic heterocycles. The first-order chi connectivity index (χ1) is 12.1. The van der Waals surface area contributed by atoms with Gasteiger partial charge in [-0.3, -0.25) is 9.59 Å². The molecule has 0 saturated carbocycles. The number of amides is 3. The molecule has 2 atom stereocenters. The van der Waals surface area contributed by atoms with Crippen LogP contribution in [0.15, 0.2) is 30.3 Å². The normalized spacial score (nSPS) is 13.5. The Morgan fingerprint density at radius 3 is 2.27 bits per heavy atom. The second kappa shape index (κ2) is 10.4. The average Bonchev–Trinajstić information content (AvgIpc) is 2.57. The summed E-state index contributed by atoms with van der Waals surface area (Å²) < 4.78 is 3.04. The molecule has 143 valence electrons. The van der Waals surface area contributed by atoms with Crippen molar-refractivity contribution in [1.82, 2.24) is 16.0 Å². The van der Waals surface area contributed by atoms with Crippen molar-refractivity contribution in [3.63, 3.8) is 0 Å². The van der Waals surface area contributed by atoms with Gasteiger partial charge < -0.3 is 20.7 Å². The van der Waals surface area contributed by atoms with Crippen LogP contribution in [0.1, 0.15) is 25.5 Å². The largest absolute Gasteiger partial charge is 0.445 e. The minimum Gasteiger partial charge on any atom is -0.445 e. The van der Waals surface area contributed by atoms with Crippen molar-refractivity contribution in [1.29, 1.82) is 0 Å². The first-order valence-electron chi connectivity index (χ1n) is 7.49. The summed E-state index contributed by atoms with van der Waals surface area (Å²) in [4.78, 5) is 35.3. The van der Waals surface area contributed by atoms with Crippen molar-refractivity contribution >= 4 is 53.2 Å². The molecule has 1 rings (SSSR count). The summed E-state index contributed by atoms with van der Waals surface area (Å²) in [5, 5.41) is 7.52. The molecule has 3 amide bonds. The molecule has 0 bridgehead atoms. The number of hydrogen-bond acceptors (Lipinski definition) is 4. The first kappa shape index (κ1) is 22.3. The summed E-state index contributed by atoms with van der Waals surface area (Å²) in [5.41, 5.74) is 0.509. The van der Waals surface area contributed by atoms with E-state index in [2.05, 4.69) is 16.0 Å². The second-order valence-electron chi connectivity index (χ2n) is 5.48. The van der Waals surface area contributed by atoms with Gasteiger partial charge in [0.2, 0.25) is 16.1 Å². The van der Waals surface area contributed by atoms with E-state index in [0.717, 1.165) is 5.92 Å². The zero-order valence-electron chi connectivity index (χ0n) is 14.1. The Hall–Kier alpha value is -1.70. The summed E-state index contributed by atoms with van der Waals surface area (Å²) in [6.07, 6.45) is -1.15. The maximum atomic E-state index is 12.6. The number of carbonyl (C=O) groups excluding carboxylic acids is 3. The SMILES string of the molecule is C[C](C)C(NC=O)NC(=O)C(NC(=O)OCC(Cl)(Cl)Cl)c1ccccc1. The van der Waals surface area contributed by atoms with E-state index in [1.165, 1.54) is 0 Å². The minimum atomic E-state index is -1.77. The molecule has 0 fully saturated rings. The van der Waals surface area contributed by atoms with Gasteiger partial charge >= 0.3 is 6.09 Å². The summed E-state index contributed by atoms with van der Waals surface area (Å²) in [6, 6.07) is 7.42. The first-order valence-corrected chi connectivity index (χ1v) is 8.62. The lowest BCUT2D eigenvalue weighted by Gasteiger charge is -2.25. The van der Waals surface area contributed by atoms with E-state index in [9.17, 15) is 14.4 Å². The van der Waals surface area contributed by atoms with Gasteiger partial charge in [-0.05, 0) is 5.56 Å². The molecule has 0 saturated heterocycles. The summed E-state index contributed by atoms with van der Waals surface area (Å²) in [5.74, 6) is 0.193. The molecule has 1 radical (unpaired) electrons. The van der Waals surface area contributed by atoms with E-state index in [4.69, 9.17) is 39.5 Å². The van der Waals surface area contributed by atoms with Crippen molar-refractivity contribution in [3.8, 4) is 0 Å². The van der Waals surface area contributed by atoms with Gasteiger partial charge in [-0.1, -0.05) is 79.0 Å². The third-order valence-electron chi connectivity index (χ3n) is 3.12. The fraction of sp³-hybridized carbons (Fsp3) is 0.375. The number of ether oxygens (including phenoxy) is 1. The van der Waals surface area contributed by atoms with Crippen LogP contribution < -0.4 is 16.0 Å². The van der Waals surface area contributed by atoms with Crippen LogP contribution in [0.2, 0.25) is 0 Å². The van der Waals surface area contributed by atoms with Crippen LogP contribution in [0.25, 0.3) is 0 Å². The third kappa shape index (κ3) is 8.12. The monoisotopic (exact) mass is 422 g/mol. The molecule has 0 heterocycles. The molecule has 0 aliphatic rings. The van der Waals surface area contributed by atoms with E-state index in [1.54, 1.807) is 44.2 Å². The van der Waals surface area contributed by atoms with E-state index in [1.807, 2.05) is 0 Å². The topological polar surface area (TPSA) is 96.5 Å². The van der Waals surface area contributed by atoms with Gasteiger partial charge in [-0.15, -0.1) is 0 Å². The Labute approximate surface area is 166 Å². The van der Waals surface area contributed by atoms with Crippen LogP contribution in [-0.2, 0) is 14.3 Å². The predicted octanol–water partition coefficient (Wildman–Crippen LogP) is 2.63. The molecule has 7 nitrogen and oxygen atoms in total. The van der Waals surface area contributed by atoms with Crippen molar-refractivity contribution in [2.75, 3.05) is 6.61 Å². The molecule has 3 N–H and O–H groups in total. The highest BCUT2D eigenvalue weighted by molar-refractivity contribution is 6.67. The second-order valence-corrected chi connectivity index (χ2v) is 8.00. The van der Waals surface area contributed by atoms with Crippen molar-refractivity contribution < 1.29 is 19.1 Å². The van der Waals surface area contributed by atoms with Gasteiger partial charge in [0, 0.05) is 5.92 Å². The number of halogens is 3. The van der Waals surface area contributed by atoms with Gasteiger partial charge in [0.05, 0.1) is 0 Å². The Balaban J connectivity index is 2.90. The van der Waals surface area contributed by atoms with Crippen LogP contribution in [0.5, 0.6) is 0 Å². The lowest BCUT2D eigenvalue weighted by Crippen LogP contribution is -2.51. The fourth-order valence-corrected chi connectivity index (χ4v) is 2.06. The number of nitrogens with one attached hydrogen (secondary N) is 3. The Morgan fingerprint density at radius 2 is 1.77 bits per heavy atom. The van der Waals surface area contributed by atoms with Gasteiger partial charge in [-0.2, -0.15) is 0 Å². The molecule has 0 aliphatic heterocycles. The summed E-state index contributed by atoms with van der Waals surface area (Å²) >= 11 is 16.6. The average molecular weight is 424 g/mol. The lowest BCUT2D eigenvalue weighted by molar-refractivity contribution is -0.124. The Kier molecular flexibility index (Phi) is 8.98. The molecule has 0 spiro atoms. The van der Waals surface area contributed by atoms with Gasteiger partial charge in [0.1, 0.15) is 18.8 Å². The van der Waals surface area contributed by atoms with E-state index in [0.29, 0.717) is 12.0 Å². The number of alkyl carbamates (subject to hydrolysis) is 1. The molecular weight excluding hydrogens is 405 g/mol. The highest BCUT2D eigenvalue weighted by atomic mass is 35.6. The number of benzene rings is 1. The lowest BCUT2D eigenvalue weighted by atomic mass is 10.1. The van der Waals surface area contributed by atoms with Crippen LogP contribution in [0.4, 0.5) is 4.79 Å². The maximum absolute atomic E-state index is 12.6. The van der Waals surface area contributed by atoms with Crippen molar-refractivity contribution in [2.45, 2.75) is 29.8 Å². The zero-order chi connectivity index (χ0) is 19.7. The maximum Gasteiger partial charge on any atom is 0.408 e. The van der Waals surface area contributed by atoms with Crippen LogP contribution in [0, 0.1) is 5.92 Å². The molecule has 1 aromatic carbocycles. The molecule has 10 heteroatoms. The predicted molar refractivity (Wildman–Crippen MR) is 99.7 cm³/mol. The van der Waals surface area contributed by atoms with Gasteiger partial charge in [0.15, 0.2) is 0 Å². The van der Waals surface area contributed by atoms with E-state index >= 15 is 0 Å². The number of alkyl halides is 3. The quantitative estimate of drug-likeness (QED) is 0.340. The summed E-state index contributed by atoms with van der Waals surface area (Å²) in [7, 11) is 0. The van der Waals surface area contributed by atoms with Crippen LogP contribution >= 0.6 is 34.8 Å². The van der Waals surface area contributed by atoms with E-state index in [-0.39, 0.29) is 0 Å². The Bertz CT molecular complexity index is 609.